The quantitative estimate of drug-likeness (QED) is 0.682. The molecule has 0 amide bonds. The summed E-state index contributed by atoms with van der Waals surface area (Å²) in [5, 5.41) is 6.68. The fourth-order valence-corrected chi connectivity index (χ4v) is 1.91. The lowest BCUT2D eigenvalue weighted by Gasteiger charge is -1.96. The third-order valence-corrected chi connectivity index (χ3v) is 3.11. The Balaban J connectivity index is 2.03. The minimum atomic E-state index is -0.458. The number of hydrogen-bond donors (Lipinski definition) is 1. The molecule has 0 aliphatic rings. The smallest absolute Gasteiger partial charge is 0.203 e. The predicted molar refractivity (Wildman–Crippen MR) is 69.5 cm³/mol. The van der Waals surface area contributed by atoms with Crippen molar-refractivity contribution in [2.24, 2.45) is 5.10 Å². The third kappa shape index (κ3) is 3.25. The van der Waals surface area contributed by atoms with Gasteiger partial charge in [-0.25, -0.2) is 9.37 Å². The maximum atomic E-state index is 13.1. The van der Waals surface area contributed by atoms with Crippen molar-refractivity contribution in [2.45, 2.75) is 6.92 Å². The van der Waals surface area contributed by atoms with Gasteiger partial charge in [0.05, 0.1) is 16.9 Å². The van der Waals surface area contributed by atoms with Crippen molar-refractivity contribution in [3.8, 4) is 0 Å². The van der Waals surface area contributed by atoms with Gasteiger partial charge < -0.3 is 0 Å². The van der Waals surface area contributed by atoms with Gasteiger partial charge in [0.2, 0.25) is 5.13 Å². The van der Waals surface area contributed by atoms with Crippen LogP contribution in [-0.4, -0.2) is 11.2 Å². The predicted octanol–water partition coefficient (Wildman–Crippen LogP) is 3.69. The van der Waals surface area contributed by atoms with E-state index in [1.54, 1.807) is 6.07 Å². The lowest BCUT2D eigenvalue weighted by Crippen LogP contribution is -1.91. The Morgan fingerprint density at radius 3 is 3.00 bits per heavy atom. The second-order valence-corrected chi connectivity index (χ2v) is 4.60. The Morgan fingerprint density at radius 2 is 2.35 bits per heavy atom. The molecule has 0 radical (unpaired) electrons. The van der Waals surface area contributed by atoms with Crippen molar-refractivity contribution in [3.63, 3.8) is 0 Å². The number of halogens is 2. The molecular formula is C11H9ClFN3S. The fourth-order valence-electron chi connectivity index (χ4n) is 1.16. The highest BCUT2D eigenvalue weighted by Gasteiger charge is 1.99. The summed E-state index contributed by atoms with van der Waals surface area (Å²) in [6.45, 7) is 1.90. The monoisotopic (exact) mass is 269 g/mol. The van der Waals surface area contributed by atoms with E-state index in [9.17, 15) is 4.39 Å². The van der Waals surface area contributed by atoms with Gasteiger partial charge in [-0.1, -0.05) is 17.7 Å². The molecule has 0 spiro atoms. The number of hydrogen-bond acceptors (Lipinski definition) is 4. The van der Waals surface area contributed by atoms with E-state index in [0.717, 1.165) is 5.69 Å². The molecule has 6 heteroatoms. The summed E-state index contributed by atoms with van der Waals surface area (Å²) in [7, 11) is 0. The van der Waals surface area contributed by atoms with Crippen LogP contribution in [0.15, 0.2) is 28.7 Å². The highest BCUT2D eigenvalue weighted by molar-refractivity contribution is 7.13. The van der Waals surface area contributed by atoms with Crippen LogP contribution in [0, 0.1) is 12.7 Å². The fraction of sp³-hybridized carbons (Fsp3) is 0.0909. The normalized spacial score (nSPS) is 11.0. The van der Waals surface area contributed by atoms with Gasteiger partial charge in [0.25, 0.3) is 0 Å². The summed E-state index contributed by atoms with van der Waals surface area (Å²) in [4.78, 5) is 4.17. The Morgan fingerprint density at radius 1 is 1.53 bits per heavy atom. The van der Waals surface area contributed by atoms with Gasteiger partial charge in [-0.05, 0) is 24.6 Å². The molecule has 0 atom stereocenters. The molecule has 0 saturated heterocycles. The Hall–Kier alpha value is -1.46. The van der Waals surface area contributed by atoms with Crippen molar-refractivity contribution in [3.05, 3.63) is 45.7 Å². The highest BCUT2D eigenvalue weighted by Crippen LogP contribution is 2.15. The van der Waals surface area contributed by atoms with Gasteiger partial charge in [-0.2, -0.15) is 5.10 Å². The molecule has 0 saturated carbocycles. The van der Waals surface area contributed by atoms with Crippen molar-refractivity contribution < 1.29 is 4.39 Å². The van der Waals surface area contributed by atoms with Gasteiger partial charge in [-0.15, -0.1) is 11.3 Å². The number of hydrazone groups is 1. The molecular weight excluding hydrogens is 261 g/mol. The van der Waals surface area contributed by atoms with Crippen molar-refractivity contribution in [2.75, 3.05) is 5.43 Å². The standard InChI is InChI=1S/C11H9ClFN3S/c1-7-6-17-11(15-7)16-14-5-8-2-3-9(12)10(13)4-8/h2-6H,1H3,(H,15,16). The second kappa shape index (κ2) is 5.25. The van der Waals surface area contributed by atoms with Crippen LogP contribution in [0.5, 0.6) is 0 Å². The number of nitrogens with one attached hydrogen (secondary N) is 1. The van der Waals surface area contributed by atoms with E-state index in [0.29, 0.717) is 10.7 Å². The molecule has 88 valence electrons. The first-order valence-corrected chi connectivity index (χ1v) is 6.07. The first-order chi connectivity index (χ1) is 8.15. The lowest BCUT2D eigenvalue weighted by molar-refractivity contribution is 0.628. The molecule has 0 fully saturated rings. The van der Waals surface area contributed by atoms with E-state index < -0.39 is 5.82 Å². The zero-order valence-electron chi connectivity index (χ0n) is 8.95. The molecule has 3 nitrogen and oxygen atoms in total. The number of aryl methyl sites for hydroxylation is 1. The van der Waals surface area contributed by atoms with E-state index >= 15 is 0 Å². The maximum absolute atomic E-state index is 13.1. The van der Waals surface area contributed by atoms with Crippen LogP contribution in [-0.2, 0) is 0 Å². The number of rotatable bonds is 3. The Kier molecular flexibility index (Phi) is 3.71. The molecule has 1 aromatic carbocycles. The van der Waals surface area contributed by atoms with Crippen LogP contribution in [0.4, 0.5) is 9.52 Å². The zero-order chi connectivity index (χ0) is 12.3. The number of thiazole rings is 1. The zero-order valence-corrected chi connectivity index (χ0v) is 10.5. The van der Waals surface area contributed by atoms with Gasteiger partial charge in [0.1, 0.15) is 5.82 Å². The maximum Gasteiger partial charge on any atom is 0.203 e. The number of anilines is 1. The van der Waals surface area contributed by atoms with Crippen LogP contribution in [0.2, 0.25) is 5.02 Å². The van der Waals surface area contributed by atoms with E-state index in [2.05, 4.69) is 15.5 Å². The average Bonchev–Trinajstić information content (AvgIpc) is 2.70. The van der Waals surface area contributed by atoms with Crippen molar-refractivity contribution in [1.29, 1.82) is 0 Å². The highest BCUT2D eigenvalue weighted by atomic mass is 35.5. The molecule has 1 heterocycles. The van der Waals surface area contributed by atoms with Crippen molar-refractivity contribution in [1.82, 2.24) is 4.98 Å². The van der Waals surface area contributed by atoms with Crippen LogP contribution < -0.4 is 5.43 Å². The molecule has 0 aliphatic carbocycles. The topological polar surface area (TPSA) is 37.3 Å². The summed E-state index contributed by atoms with van der Waals surface area (Å²) in [6.07, 6.45) is 1.51. The minimum Gasteiger partial charge on any atom is -0.253 e. The molecule has 17 heavy (non-hydrogen) atoms. The minimum absolute atomic E-state index is 0.102. The largest absolute Gasteiger partial charge is 0.253 e. The van der Waals surface area contributed by atoms with Crippen LogP contribution in [0.1, 0.15) is 11.3 Å². The van der Waals surface area contributed by atoms with Gasteiger partial charge >= 0.3 is 0 Å². The number of benzene rings is 1. The van der Waals surface area contributed by atoms with Gasteiger partial charge in [0, 0.05) is 5.38 Å². The van der Waals surface area contributed by atoms with Crippen LogP contribution >= 0.6 is 22.9 Å². The lowest BCUT2D eigenvalue weighted by atomic mass is 10.2. The molecule has 0 bridgehead atoms. The van der Waals surface area contributed by atoms with E-state index in [-0.39, 0.29) is 5.02 Å². The van der Waals surface area contributed by atoms with Crippen molar-refractivity contribution >= 4 is 34.3 Å². The molecule has 2 aromatic rings. The number of aromatic nitrogens is 1. The molecule has 0 aliphatic heterocycles. The van der Waals surface area contributed by atoms with Gasteiger partial charge in [0.15, 0.2) is 0 Å². The summed E-state index contributed by atoms with van der Waals surface area (Å²) in [5.41, 5.74) is 4.34. The molecule has 0 unspecified atom stereocenters. The first kappa shape index (κ1) is 12.0. The second-order valence-electron chi connectivity index (χ2n) is 3.34. The van der Waals surface area contributed by atoms with Gasteiger partial charge in [-0.3, -0.25) is 5.43 Å². The molecule has 2 rings (SSSR count). The van der Waals surface area contributed by atoms with E-state index in [4.69, 9.17) is 11.6 Å². The summed E-state index contributed by atoms with van der Waals surface area (Å²) >= 11 is 7.03. The average molecular weight is 270 g/mol. The summed E-state index contributed by atoms with van der Waals surface area (Å²) < 4.78 is 13.1. The Labute approximate surface area is 107 Å². The van der Waals surface area contributed by atoms with E-state index in [1.165, 1.54) is 29.7 Å². The first-order valence-electron chi connectivity index (χ1n) is 4.81. The summed E-state index contributed by atoms with van der Waals surface area (Å²) in [5.74, 6) is -0.458. The molecule has 1 N–H and O–H groups in total. The SMILES string of the molecule is Cc1csc(NN=Cc2ccc(Cl)c(F)c2)n1. The molecule has 1 aromatic heterocycles. The Bertz CT molecular complexity index is 553. The van der Waals surface area contributed by atoms with Crippen LogP contribution in [0.25, 0.3) is 0 Å². The van der Waals surface area contributed by atoms with Crippen LogP contribution in [0.3, 0.4) is 0 Å². The van der Waals surface area contributed by atoms with E-state index in [1.807, 2.05) is 12.3 Å². The number of nitrogens with zero attached hydrogens (tertiary/aromatic N) is 2. The summed E-state index contributed by atoms with van der Waals surface area (Å²) in [6, 6.07) is 4.50. The third-order valence-electron chi connectivity index (χ3n) is 1.94.